The van der Waals surface area contributed by atoms with Crippen molar-refractivity contribution in [3.63, 3.8) is 0 Å². The van der Waals surface area contributed by atoms with Gasteiger partial charge in [-0.1, -0.05) is 0 Å². The van der Waals surface area contributed by atoms with E-state index in [9.17, 15) is 4.39 Å². The van der Waals surface area contributed by atoms with Crippen molar-refractivity contribution in [1.82, 2.24) is 4.57 Å². The smallest absolute Gasteiger partial charge is 0.164 e. The molecule has 1 rings (SSSR count). The summed E-state index contributed by atoms with van der Waals surface area (Å²) in [6, 6.07) is 1.33. The fourth-order valence-corrected chi connectivity index (χ4v) is 0.511. The minimum absolute atomic E-state index is 0.185. The van der Waals surface area contributed by atoms with E-state index in [0.29, 0.717) is 0 Å². The van der Waals surface area contributed by atoms with E-state index in [-0.39, 0.29) is 11.6 Å². The van der Waals surface area contributed by atoms with Crippen LogP contribution < -0.4 is 5.73 Å². The molecule has 0 aliphatic carbocycles. The number of hydrogen-bond donors (Lipinski definition) is 1. The first-order valence-corrected chi connectivity index (χ1v) is 2.28. The summed E-state index contributed by atoms with van der Waals surface area (Å²) in [5, 5.41) is 0. The molecule has 44 valence electrons. The van der Waals surface area contributed by atoms with Crippen LogP contribution in [0.15, 0.2) is 12.3 Å². The summed E-state index contributed by atoms with van der Waals surface area (Å²) in [4.78, 5) is 0. The highest BCUT2D eigenvalue weighted by Crippen LogP contribution is 2.07. The van der Waals surface area contributed by atoms with Crippen molar-refractivity contribution in [3.8, 4) is 0 Å². The predicted octanol–water partition coefficient (Wildman–Crippen LogP) is 0.746. The molecule has 0 aliphatic rings. The molecule has 0 radical (unpaired) electrons. The lowest BCUT2D eigenvalue weighted by atomic mass is 10.6. The highest BCUT2D eigenvalue weighted by Gasteiger charge is 1.97. The molecule has 0 aromatic carbocycles. The van der Waals surface area contributed by atoms with Gasteiger partial charge >= 0.3 is 0 Å². The molecule has 0 spiro atoms. The highest BCUT2D eigenvalue weighted by molar-refractivity contribution is 5.31. The van der Waals surface area contributed by atoms with Gasteiger partial charge in [0.25, 0.3) is 0 Å². The Bertz CT molecular complexity index is 173. The molecule has 0 atom stereocenters. The van der Waals surface area contributed by atoms with Crippen LogP contribution in [0.1, 0.15) is 0 Å². The number of nitrogens with two attached hydrogens (primary N) is 1. The van der Waals surface area contributed by atoms with E-state index in [1.807, 2.05) is 0 Å². The van der Waals surface area contributed by atoms with E-state index in [4.69, 9.17) is 5.73 Å². The molecule has 0 bridgehead atoms. The second kappa shape index (κ2) is 1.51. The van der Waals surface area contributed by atoms with Gasteiger partial charge in [-0.2, -0.15) is 0 Å². The van der Waals surface area contributed by atoms with Crippen molar-refractivity contribution in [2.24, 2.45) is 7.05 Å². The molecule has 0 saturated heterocycles. The zero-order chi connectivity index (χ0) is 6.15. The van der Waals surface area contributed by atoms with Crippen molar-refractivity contribution >= 4 is 5.82 Å². The monoisotopic (exact) mass is 114 g/mol. The maximum Gasteiger partial charge on any atom is 0.164 e. The van der Waals surface area contributed by atoms with Gasteiger partial charge in [0.05, 0.1) is 0 Å². The molecule has 1 heterocycles. The minimum Gasteiger partial charge on any atom is -0.383 e. The van der Waals surface area contributed by atoms with Crippen molar-refractivity contribution in [2.75, 3.05) is 5.73 Å². The van der Waals surface area contributed by atoms with E-state index in [1.165, 1.54) is 10.6 Å². The molecule has 0 aliphatic heterocycles. The maximum atomic E-state index is 12.2. The summed E-state index contributed by atoms with van der Waals surface area (Å²) >= 11 is 0. The SMILES string of the molecule is Cn1ccc(F)c1N. The lowest BCUT2D eigenvalue weighted by Crippen LogP contribution is -1.95. The number of aryl methyl sites for hydroxylation is 1. The van der Waals surface area contributed by atoms with Crippen LogP contribution in [0.5, 0.6) is 0 Å². The molecule has 1 aromatic heterocycles. The molecule has 2 nitrogen and oxygen atoms in total. The van der Waals surface area contributed by atoms with Gasteiger partial charge in [-0.25, -0.2) is 4.39 Å². The first-order valence-electron chi connectivity index (χ1n) is 2.28. The van der Waals surface area contributed by atoms with Gasteiger partial charge in [0, 0.05) is 13.2 Å². The highest BCUT2D eigenvalue weighted by atomic mass is 19.1. The zero-order valence-corrected chi connectivity index (χ0v) is 4.56. The Kier molecular flexibility index (Phi) is 0.970. The molecule has 0 fully saturated rings. The average molecular weight is 114 g/mol. The molecule has 0 amide bonds. The van der Waals surface area contributed by atoms with Crippen LogP contribution in [0.4, 0.5) is 10.2 Å². The van der Waals surface area contributed by atoms with Gasteiger partial charge in [-0.05, 0) is 6.07 Å². The summed E-state index contributed by atoms with van der Waals surface area (Å²) in [7, 11) is 1.69. The van der Waals surface area contributed by atoms with Gasteiger partial charge in [0.2, 0.25) is 0 Å². The van der Waals surface area contributed by atoms with Crippen LogP contribution in [0, 0.1) is 5.82 Å². The Hall–Kier alpha value is -0.990. The fraction of sp³-hybridized carbons (Fsp3) is 0.200. The molecular weight excluding hydrogens is 107 g/mol. The Morgan fingerprint density at radius 1 is 1.75 bits per heavy atom. The van der Waals surface area contributed by atoms with E-state index >= 15 is 0 Å². The van der Waals surface area contributed by atoms with Crippen molar-refractivity contribution < 1.29 is 4.39 Å². The zero-order valence-electron chi connectivity index (χ0n) is 4.56. The third kappa shape index (κ3) is 0.559. The number of rotatable bonds is 0. The molecule has 1 aromatic rings. The van der Waals surface area contributed by atoms with Crippen LogP contribution in [0.2, 0.25) is 0 Å². The molecular formula is C5H7FN2. The quantitative estimate of drug-likeness (QED) is 0.530. The summed E-state index contributed by atoms with van der Waals surface area (Å²) in [5.41, 5.74) is 5.19. The number of halogens is 1. The van der Waals surface area contributed by atoms with Crippen molar-refractivity contribution in [2.45, 2.75) is 0 Å². The second-order valence-electron chi connectivity index (χ2n) is 1.66. The lowest BCUT2D eigenvalue weighted by Gasteiger charge is -1.91. The molecule has 8 heavy (non-hydrogen) atoms. The van der Waals surface area contributed by atoms with Crippen LogP contribution >= 0.6 is 0 Å². The third-order valence-electron chi connectivity index (χ3n) is 1.07. The second-order valence-corrected chi connectivity index (χ2v) is 1.66. The Labute approximate surface area is 46.7 Å². The van der Waals surface area contributed by atoms with Gasteiger partial charge < -0.3 is 10.3 Å². The van der Waals surface area contributed by atoms with Gasteiger partial charge in [0.1, 0.15) is 5.82 Å². The minimum atomic E-state index is -0.354. The van der Waals surface area contributed by atoms with Crippen LogP contribution in [0.3, 0.4) is 0 Å². The van der Waals surface area contributed by atoms with Gasteiger partial charge in [-0.15, -0.1) is 0 Å². The number of hydrogen-bond acceptors (Lipinski definition) is 1. The Balaban J connectivity index is 3.19. The first kappa shape index (κ1) is 5.15. The Morgan fingerprint density at radius 2 is 2.38 bits per heavy atom. The van der Waals surface area contributed by atoms with E-state index in [1.54, 1.807) is 13.2 Å². The van der Waals surface area contributed by atoms with Gasteiger partial charge in [0.15, 0.2) is 5.82 Å². The normalized spacial score (nSPS) is 9.75. The van der Waals surface area contributed by atoms with E-state index in [0.717, 1.165) is 0 Å². The lowest BCUT2D eigenvalue weighted by molar-refractivity contribution is 0.631. The number of aromatic nitrogens is 1. The van der Waals surface area contributed by atoms with Crippen molar-refractivity contribution in [1.29, 1.82) is 0 Å². The maximum absolute atomic E-state index is 12.2. The van der Waals surface area contributed by atoms with Gasteiger partial charge in [-0.3, -0.25) is 0 Å². The van der Waals surface area contributed by atoms with Crippen LogP contribution in [0.25, 0.3) is 0 Å². The average Bonchev–Trinajstić information content (AvgIpc) is 1.98. The number of nitrogens with zero attached hydrogens (tertiary/aromatic N) is 1. The molecule has 2 N–H and O–H groups in total. The van der Waals surface area contributed by atoms with Crippen molar-refractivity contribution in [3.05, 3.63) is 18.1 Å². The largest absolute Gasteiger partial charge is 0.383 e. The summed E-state index contributed by atoms with van der Waals surface area (Å²) in [6.45, 7) is 0. The third-order valence-corrected chi connectivity index (χ3v) is 1.07. The first-order chi connectivity index (χ1) is 3.72. The number of anilines is 1. The fourth-order valence-electron chi connectivity index (χ4n) is 0.511. The molecule has 0 unspecified atom stereocenters. The number of nitrogen functional groups attached to an aromatic ring is 1. The Morgan fingerprint density at radius 3 is 2.50 bits per heavy atom. The summed E-state index contributed by atoms with van der Waals surface area (Å²) in [6.07, 6.45) is 1.57. The standard InChI is InChI=1S/C5H7FN2/c1-8-3-2-4(6)5(8)7/h2-3H,7H2,1H3. The summed E-state index contributed by atoms with van der Waals surface area (Å²) in [5.74, 6) is -0.169. The van der Waals surface area contributed by atoms with E-state index in [2.05, 4.69) is 0 Å². The van der Waals surface area contributed by atoms with E-state index < -0.39 is 0 Å². The van der Waals surface area contributed by atoms with Crippen LogP contribution in [-0.2, 0) is 7.05 Å². The molecule has 3 heteroatoms. The predicted molar refractivity (Wildman–Crippen MR) is 29.8 cm³/mol. The molecule has 0 saturated carbocycles. The van der Waals surface area contributed by atoms with Crippen LogP contribution in [-0.4, -0.2) is 4.57 Å². The topological polar surface area (TPSA) is 30.9 Å². The summed E-state index contributed by atoms with van der Waals surface area (Å²) < 4.78 is 13.7.